The number of aryl methyl sites for hydroxylation is 2. The molecule has 0 aliphatic heterocycles. The zero-order valence-electron chi connectivity index (χ0n) is 11.9. The molecule has 2 rings (SSSR count). The largest absolute Gasteiger partial charge is 0.305 e. The summed E-state index contributed by atoms with van der Waals surface area (Å²) in [5.41, 5.74) is 3.69. The molecular weight excluding hydrogens is 236 g/mol. The second-order valence-corrected chi connectivity index (χ2v) is 4.70. The molecule has 102 valence electrons. The Morgan fingerprint density at radius 2 is 2.11 bits per heavy atom. The van der Waals surface area contributed by atoms with Crippen LogP contribution in [0.2, 0.25) is 0 Å². The van der Waals surface area contributed by atoms with Gasteiger partial charge in [-0.15, -0.1) is 0 Å². The molecule has 0 saturated carbocycles. The molecule has 1 N–H and O–H groups in total. The van der Waals surface area contributed by atoms with Crippen LogP contribution in [0.25, 0.3) is 0 Å². The van der Waals surface area contributed by atoms with Crippen molar-refractivity contribution in [2.45, 2.75) is 39.8 Å². The molecule has 1 unspecified atom stereocenters. The average Bonchev–Trinajstić information content (AvgIpc) is 2.86. The maximum atomic E-state index is 4.42. The van der Waals surface area contributed by atoms with Crippen LogP contribution in [0.1, 0.15) is 43.1 Å². The molecule has 2 aromatic rings. The fourth-order valence-corrected chi connectivity index (χ4v) is 2.34. The zero-order chi connectivity index (χ0) is 13.7. The highest BCUT2D eigenvalue weighted by atomic mass is 15.3. The molecule has 19 heavy (non-hydrogen) atoms. The van der Waals surface area contributed by atoms with Gasteiger partial charge in [-0.1, -0.05) is 13.8 Å². The summed E-state index contributed by atoms with van der Waals surface area (Å²) in [4.78, 5) is 4.26. The Hall–Kier alpha value is -1.68. The molecule has 4 heteroatoms. The molecule has 0 fully saturated rings. The highest BCUT2D eigenvalue weighted by molar-refractivity contribution is 5.31. The van der Waals surface area contributed by atoms with Crippen LogP contribution in [0.15, 0.2) is 30.7 Å². The molecule has 0 aliphatic rings. The summed E-state index contributed by atoms with van der Waals surface area (Å²) in [6.45, 7) is 8.28. The molecule has 0 radical (unpaired) electrons. The predicted molar refractivity (Wildman–Crippen MR) is 77.0 cm³/mol. The van der Waals surface area contributed by atoms with E-state index < -0.39 is 0 Å². The normalized spacial score (nSPS) is 12.6. The van der Waals surface area contributed by atoms with Gasteiger partial charge >= 0.3 is 0 Å². The molecule has 2 heterocycles. The molecule has 0 spiro atoms. The fourth-order valence-electron chi connectivity index (χ4n) is 2.34. The van der Waals surface area contributed by atoms with Crippen LogP contribution in [-0.4, -0.2) is 21.3 Å². The lowest BCUT2D eigenvalue weighted by Gasteiger charge is -2.21. The maximum absolute atomic E-state index is 4.42. The Kier molecular flexibility index (Phi) is 4.68. The average molecular weight is 258 g/mol. The van der Waals surface area contributed by atoms with Gasteiger partial charge in [-0.3, -0.25) is 9.67 Å². The summed E-state index contributed by atoms with van der Waals surface area (Å²) >= 11 is 0. The van der Waals surface area contributed by atoms with E-state index in [0.29, 0.717) is 0 Å². The Balaban J connectivity index is 2.40. The lowest BCUT2D eigenvalue weighted by atomic mass is 10.0. The first-order chi connectivity index (χ1) is 9.27. The number of rotatable bonds is 6. The minimum Gasteiger partial charge on any atom is -0.305 e. The number of hydrogen-bond acceptors (Lipinski definition) is 3. The summed E-state index contributed by atoms with van der Waals surface area (Å²) in [5.74, 6) is 0. The first kappa shape index (κ1) is 13.7. The molecule has 0 aromatic carbocycles. The maximum Gasteiger partial charge on any atom is 0.0765 e. The van der Waals surface area contributed by atoms with Crippen molar-refractivity contribution in [1.29, 1.82) is 0 Å². The zero-order valence-corrected chi connectivity index (χ0v) is 11.9. The third-order valence-electron chi connectivity index (χ3n) is 3.28. The molecule has 0 bridgehead atoms. The van der Waals surface area contributed by atoms with E-state index in [1.165, 1.54) is 16.8 Å². The van der Waals surface area contributed by atoms with Crippen LogP contribution in [0, 0.1) is 6.92 Å². The number of hydrogen-bond donors (Lipinski definition) is 1. The van der Waals surface area contributed by atoms with Gasteiger partial charge in [0.15, 0.2) is 0 Å². The highest BCUT2D eigenvalue weighted by Crippen LogP contribution is 2.24. The van der Waals surface area contributed by atoms with Crippen molar-refractivity contribution in [3.05, 3.63) is 47.5 Å². The fraction of sp³-hybridized carbons (Fsp3) is 0.467. The molecule has 4 nitrogen and oxygen atoms in total. The molecule has 0 aliphatic carbocycles. The SMILES string of the molecule is CCCn1nccc1C(NCC)c1cnccc1C. The van der Waals surface area contributed by atoms with Crippen LogP contribution in [0.3, 0.4) is 0 Å². The van der Waals surface area contributed by atoms with E-state index in [9.17, 15) is 0 Å². The van der Waals surface area contributed by atoms with E-state index in [1.54, 1.807) is 0 Å². The summed E-state index contributed by atoms with van der Waals surface area (Å²) < 4.78 is 2.08. The van der Waals surface area contributed by atoms with Gasteiger partial charge in [-0.2, -0.15) is 5.10 Å². The number of nitrogens with zero attached hydrogens (tertiary/aromatic N) is 3. The lowest BCUT2D eigenvalue weighted by molar-refractivity contribution is 0.518. The Morgan fingerprint density at radius 3 is 2.79 bits per heavy atom. The number of aromatic nitrogens is 3. The second kappa shape index (κ2) is 6.48. The van der Waals surface area contributed by atoms with Gasteiger partial charge in [0.25, 0.3) is 0 Å². The summed E-state index contributed by atoms with van der Waals surface area (Å²) in [6.07, 6.45) is 6.75. The molecular formula is C15H22N4. The van der Waals surface area contributed by atoms with Crippen LogP contribution in [0.5, 0.6) is 0 Å². The van der Waals surface area contributed by atoms with E-state index in [4.69, 9.17) is 0 Å². The van der Waals surface area contributed by atoms with Crippen molar-refractivity contribution in [2.75, 3.05) is 6.54 Å². The van der Waals surface area contributed by atoms with Crippen molar-refractivity contribution >= 4 is 0 Å². The first-order valence-corrected chi connectivity index (χ1v) is 6.93. The number of nitrogens with one attached hydrogen (secondary N) is 1. The summed E-state index contributed by atoms with van der Waals surface area (Å²) in [5, 5.41) is 7.96. The van der Waals surface area contributed by atoms with E-state index in [-0.39, 0.29) is 6.04 Å². The highest BCUT2D eigenvalue weighted by Gasteiger charge is 2.19. The minimum atomic E-state index is 0.160. The topological polar surface area (TPSA) is 42.7 Å². The van der Waals surface area contributed by atoms with Gasteiger partial charge in [-0.25, -0.2) is 0 Å². The van der Waals surface area contributed by atoms with Crippen molar-refractivity contribution < 1.29 is 0 Å². The molecule has 0 saturated heterocycles. The smallest absolute Gasteiger partial charge is 0.0765 e. The molecule has 2 aromatic heterocycles. The van der Waals surface area contributed by atoms with E-state index in [1.807, 2.05) is 18.6 Å². The lowest BCUT2D eigenvalue weighted by Crippen LogP contribution is -2.25. The van der Waals surface area contributed by atoms with Crippen molar-refractivity contribution in [2.24, 2.45) is 0 Å². The van der Waals surface area contributed by atoms with Gasteiger partial charge in [0.1, 0.15) is 0 Å². The molecule has 1 atom stereocenters. The Bertz CT molecular complexity index is 518. The van der Waals surface area contributed by atoms with Gasteiger partial charge in [0.05, 0.1) is 11.7 Å². The third kappa shape index (κ3) is 3.01. The van der Waals surface area contributed by atoms with E-state index in [2.05, 4.69) is 53.0 Å². The van der Waals surface area contributed by atoms with Crippen molar-refractivity contribution in [1.82, 2.24) is 20.1 Å². The van der Waals surface area contributed by atoms with Gasteiger partial charge in [-0.05, 0) is 43.1 Å². The van der Waals surface area contributed by atoms with E-state index >= 15 is 0 Å². The van der Waals surface area contributed by atoms with Crippen LogP contribution >= 0.6 is 0 Å². The van der Waals surface area contributed by atoms with Crippen LogP contribution in [0.4, 0.5) is 0 Å². The standard InChI is InChI=1S/C15H22N4/c1-4-10-19-14(7-9-18-19)15(17-5-2)13-11-16-8-6-12(13)3/h6-9,11,15,17H,4-5,10H2,1-3H3. The Morgan fingerprint density at radius 1 is 1.26 bits per heavy atom. The Labute approximate surface area is 114 Å². The molecule has 0 amide bonds. The summed E-state index contributed by atoms with van der Waals surface area (Å²) in [7, 11) is 0. The van der Waals surface area contributed by atoms with Crippen LogP contribution in [-0.2, 0) is 6.54 Å². The quantitative estimate of drug-likeness (QED) is 0.866. The number of pyridine rings is 1. The monoisotopic (exact) mass is 258 g/mol. The predicted octanol–water partition coefficient (Wildman–Crippen LogP) is 2.70. The van der Waals surface area contributed by atoms with E-state index in [0.717, 1.165) is 19.5 Å². The van der Waals surface area contributed by atoms with Gasteiger partial charge < -0.3 is 5.32 Å². The first-order valence-electron chi connectivity index (χ1n) is 6.93. The van der Waals surface area contributed by atoms with Gasteiger partial charge in [0, 0.05) is 25.1 Å². The third-order valence-corrected chi connectivity index (χ3v) is 3.28. The van der Waals surface area contributed by atoms with Gasteiger partial charge in [0.2, 0.25) is 0 Å². The minimum absolute atomic E-state index is 0.160. The summed E-state index contributed by atoms with van der Waals surface area (Å²) in [6, 6.07) is 4.31. The van der Waals surface area contributed by atoms with Crippen molar-refractivity contribution in [3.8, 4) is 0 Å². The van der Waals surface area contributed by atoms with Crippen molar-refractivity contribution in [3.63, 3.8) is 0 Å². The second-order valence-electron chi connectivity index (χ2n) is 4.70. The van der Waals surface area contributed by atoms with Crippen LogP contribution < -0.4 is 5.32 Å².